The molecule has 0 saturated carbocycles. The average molecular weight is 413 g/mol. The maximum absolute atomic E-state index is 12.7. The van der Waals surface area contributed by atoms with Crippen LogP contribution >= 0.6 is 11.6 Å². The highest BCUT2D eigenvalue weighted by Gasteiger charge is 2.21. The monoisotopic (exact) mass is 412 g/mol. The summed E-state index contributed by atoms with van der Waals surface area (Å²) in [7, 11) is -0.122. The Bertz CT molecular complexity index is 991. The molecular formula is C17H17ClN2O6S. The molecule has 0 radical (unpaired) electrons. The van der Waals surface area contributed by atoms with Crippen molar-refractivity contribution in [3.05, 3.63) is 52.5 Å². The Morgan fingerprint density at radius 3 is 2.37 bits per heavy atom. The highest BCUT2D eigenvalue weighted by Crippen LogP contribution is 2.29. The average Bonchev–Trinajstić information content (AvgIpc) is 2.66. The number of hydrogen-bond donors (Lipinski definition) is 2. The number of nitrogens with one attached hydrogen (secondary N) is 2. The number of esters is 1. The van der Waals surface area contributed by atoms with Crippen molar-refractivity contribution in [2.75, 3.05) is 26.0 Å². The fraction of sp³-hybridized carbons (Fsp3) is 0.176. The van der Waals surface area contributed by atoms with Crippen molar-refractivity contribution in [2.24, 2.45) is 0 Å². The molecule has 0 bridgehead atoms. The summed E-state index contributed by atoms with van der Waals surface area (Å²) in [4.78, 5) is 23.3. The minimum Gasteiger partial charge on any atom is -0.495 e. The van der Waals surface area contributed by atoms with Gasteiger partial charge in [0.15, 0.2) is 0 Å². The number of amides is 1. The molecule has 0 saturated heterocycles. The van der Waals surface area contributed by atoms with Gasteiger partial charge in [0.25, 0.3) is 15.9 Å². The summed E-state index contributed by atoms with van der Waals surface area (Å²) in [5.41, 5.74) is 0.212. The van der Waals surface area contributed by atoms with Crippen LogP contribution < -0.4 is 14.8 Å². The van der Waals surface area contributed by atoms with E-state index in [1.165, 1.54) is 44.5 Å². The number of anilines is 1. The Hall–Kier alpha value is -2.78. The summed E-state index contributed by atoms with van der Waals surface area (Å²) < 4.78 is 37.5. The van der Waals surface area contributed by atoms with E-state index in [9.17, 15) is 18.0 Å². The molecule has 27 heavy (non-hydrogen) atoms. The summed E-state index contributed by atoms with van der Waals surface area (Å²) >= 11 is 5.92. The summed E-state index contributed by atoms with van der Waals surface area (Å²) in [6.07, 6.45) is 0. The van der Waals surface area contributed by atoms with Gasteiger partial charge in [-0.3, -0.25) is 9.52 Å². The van der Waals surface area contributed by atoms with E-state index in [-0.39, 0.29) is 32.5 Å². The van der Waals surface area contributed by atoms with Gasteiger partial charge in [-0.1, -0.05) is 11.6 Å². The number of rotatable bonds is 6. The van der Waals surface area contributed by atoms with Gasteiger partial charge < -0.3 is 14.8 Å². The molecule has 2 aromatic carbocycles. The van der Waals surface area contributed by atoms with E-state index in [0.717, 1.165) is 13.2 Å². The Balaban J connectivity index is 2.47. The van der Waals surface area contributed by atoms with Gasteiger partial charge in [-0.25, -0.2) is 13.2 Å². The molecule has 8 nitrogen and oxygen atoms in total. The third-order valence-electron chi connectivity index (χ3n) is 3.59. The molecule has 2 rings (SSSR count). The number of benzene rings is 2. The first-order chi connectivity index (χ1) is 12.7. The number of hydrogen-bond acceptors (Lipinski definition) is 6. The topological polar surface area (TPSA) is 111 Å². The zero-order valence-electron chi connectivity index (χ0n) is 14.7. The summed E-state index contributed by atoms with van der Waals surface area (Å²) in [5, 5.41) is 2.51. The van der Waals surface area contributed by atoms with Gasteiger partial charge >= 0.3 is 5.97 Å². The molecule has 2 N–H and O–H groups in total. The predicted molar refractivity (Wildman–Crippen MR) is 100.0 cm³/mol. The third kappa shape index (κ3) is 4.50. The van der Waals surface area contributed by atoms with Crippen LogP contribution in [0.4, 0.5) is 5.69 Å². The van der Waals surface area contributed by atoms with Crippen molar-refractivity contribution < 1.29 is 27.5 Å². The number of carbonyl (C=O) groups excluding carboxylic acids is 2. The van der Waals surface area contributed by atoms with Crippen LogP contribution in [0.2, 0.25) is 5.02 Å². The minimum absolute atomic E-state index is 0.0556. The van der Waals surface area contributed by atoms with Crippen molar-refractivity contribution in [1.82, 2.24) is 5.32 Å². The van der Waals surface area contributed by atoms with E-state index in [1.807, 2.05) is 0 Å². The normalized spacial score (nSPS) is 10.8. The molecule has 0 unspecified atom stereocenters. The molecular weight excluding hydrogens is 396 g/mol. The molecule has 10 heteroatoms. The zero-order valence-corrected chi connectivity index (χ0v) is 16.3. The number of ether oxygens (including phenoxy) is 2. The van der Waals surface area contributed by atoms with Crippen LogP contribution in [-0.2, 0) is 14.8 Å². The second-order valence-electron chi connectivity index (χ2n) is 5.23. The molecule has 0 aliphatic rings. The molecule has 0 fully saturated rings. The first-order valence-corrected chi connectivity index (χ1v) is 9.40. The molecule has 0 aliphatic heterocycles. The van der Waals surface area contributed by atoms with Crippen LogP contribution in [0.3, 0.4) is 0 Å². The number of halogens is 1. The van der Waals surface area contributed by atoms with Crippen LogP contribution in [0.1, 0.15) is 20.7 Å². The van der Waals surface area contributed by atoms with E-state index < -0.39 is 21.9 Å². The lowest BCUT2D eigenvalue weighted by atomic mass is 10.2. The lowest BCUT2D eigenvalue weighted by Crippen LogP contribution is -2.19. The lowest BCUT2D eigenvalue weighted by molar-refractivity contribution is 0.0600. The highest BCUT2D eigenvalue weighted by atomic mass is 35.5. The van der Waals surface area contributed by atoms with Crippen molar-refractivity contribution in [2.45, 2.75) is 4.90 Å². The fourth-order valence-electron chi connectivity index (χ4n) is 2.21. The fourth-order valence-corrected chi connectivity index (χ4v) is 3.50. The smallest absolute Gasteiger partial charge is 0.339 e. The first-order valence-electron chi connectivity index (χ1n) is 7.54. The minimum atomic E-state index is -4.10. The maximum atomic E-state index is 12.7. The highest BCUT2D eigenvalue weighted by molar-refractivity contribution is 7.92. The van der Waals surface area contributed by atoms with E-state index >= 15 is 0 Å². The van der Waals surface area contributed by atoms with Gasteiger partial charge in [0, 0.05) is 12.6 Å². The molecule has 2 aromatic rings. The van der Waals surface area contributed by atoms with Crippen LogP contribution in [0.5, 0.6) is 5.75 Å². The first kappa shape index (κ1) is 20.5. The van der Waals surface area contributed by atoms with Crippen molar-refractivity contribution >= 4 is 39.2 Å². The largest absolute Gasteiger partial charge is 0.495 e. The maximum Gasteiger partial charge on any atom is 0.339 e. The van der Waals surface area contributed by atoms with Gasteiger partial charge in [0.05, 0.1) is 35.4 Å². The van der Waals surface area contributed by atoms with E-state index in [0.29, 0.717) is 0 Å². The van der Waals surface area contributed by atoms with E-state index in [2.05, 4.69) is 14.8 Å². The van der Waals surface area contributed by atoms with Crippen molar-refractivity contribution in [3.63, 3.8) is 0 Å². The lowest BCUT2D eigenvalue weighted by Gasteiger charge is -2.14. The quantitative estimate of drug-likeness (QED) is 0.704. The standard InChI is InChI=1S/C17H17ClN2O6S/c1-19-16(21)10-4-7-15(25-2)14(8-10)20-27(23,24)11-5-6-13(18)12(9-11)17(22)26-3/h4-9,20H,1-3H3,(H,19,21). The summed E-state index contributed by atoms with van der Waals surface area (Å²) in [6.45, 7) is 0. The Labute approximate surface area is 161 Å². The SMILES string of the molecule is CNC(=O)c1ccc(OC)c(NS(=O)(=O)c2ccc(Cl)c(C(=O)OC)c2)c1. The third-order valence-corrected chi connectivity index (χ3v) is 5.28. The Kier molecular flexibility index (Phi) is 6.29. The van der Waals surface area contributed by atoms with Gasteiger partial charge in [0.1, 0.15) is 5.75 Å². The van der Waals surface area contributed by atoms with Crippen molar-refractivity contribution in [3.8, 4) is 5.75 Å². The molecule has 0 aliphatic carbocycles. The summed E-state index contributed by atoms with van der Waals surface area (Å²) in [6, 6.07) is 7.92. The van der Waals surface area contributed by atoms with Gasteiger partial charge in [-0.15, -0.1) is 0 Å². The predicted octanol–water partition coefficient (Wildman–Crippen LogP) is 2.30. The van der Waals surface area contributed by atoms with Crippen LogP contribution in [0.15, 0.2) is 41.3 Å². The Morgan fingerprint density at radius 1 is 1.07 bits per heavy atom. The van der Waals surface area contributed by atoms with Gasteiger partial charge in [-0.05, 0) is 36.4 Å². The second kappa shape index (κ2) is 8.28. The van der Waals surface area contributed by atoms with Gasteiger partial charge in [0.2, 0.25) is 0 Å². The van der Waals surface area contributed by atoms with Gasteiger partial charge in [-0.2, -0.15) is 0 Å². The van der Waals surface area contributed by atoms with E-state index in [4.69, 9.17) is 16.3 Å². The summed E-state index contributed by atoms with van der Waals surface area (Å²) in [5.74, 6) is -0.942. The van der Waals surface area contributed by atoms with Crippen LogP contribution in [0, 0.1) is 0 Å². The van der Waals surface area contributed by atoms with Crippen molar-refractivity contribution in [1.29, 1.82) is 0 Å². The molecule has 0 atom stereocenters. The number of methoxy groups -OCH3 is 2. The molecule has 144 valence electrons. The van der Waals surface area contributed by atoms with Crippen LogP contribution in [0.25, 0.3) is 0 Å². The molecule has 0 aromatic heterocycles. The Morgan fingerprint density at radius 2 is 1.78 bits per heavy atom. The number of sulfonamides is 1. The molecule has 0 spiro atoms. The molecule has 1 amide bonds. The van der Waals surface area contributed by atoms with E-state index in [1.54, 1.807) is 0 Å². The molecule has 0 heterocycles. The van der Waals surface area contributed by atoms with Crippen LogP contribution in [-0.4, -0.2) is 41.6 Å². The number of carbonyl (C=O) groups is 2. The second-order valence-corrected chi connectivity index (χ2v) is 7.32. The zero-order chi connectivity index (χ0) is 20.2.